The molecule has 0 saturated carbocycles. The van der Waals surface area contributed by atoms with Crippen LogP contribution < -0.4 is 15.1 Å². The van der Waals surface area contributed by atoms with Crippen molar-refractivity contribution in [3.63, 3.8) is 0 Å². The number of hydrogen-bond donors (Lipinski definition) is 1. The van der Waals surface area contributed by atoms with Gasteiger partial charge in [0.25, 0.3) is 5.91 Å². The van der Waals surface area contributed by atoms with Gasteiger partial charge in [0.05, 0.1) is 12.7 Å². The Morgan fingerprint density at radius 3 is 2.62 bits per heavy atom. The maximum Gasteiger partial charge on any atom is 0.273 e. The predicted molar refractivity (Wildman–Crippen MR) is 87.8 cm³/mol. The second kappa shape index (κ2) is 6.77. The molecule has 1 fully saturated rings. The van der Waals surface area contributed by atoms with Gasteiger partial charge in [-0.25, -0.2) is 0 Å². The van der Waals surface area contributed by atoms with Crippen molar-refractivity contribution in [2.75, 3.05) is 37.0 Å². The molecule has 2 aromatic rings. The molecular formula is C14H21N9O. The van der Waals surface area contributed by atoms with Crippen LogP contribution in [0.25, 0.3) is 0 Å². The predicted octanol–water partition coefficient (Wildman–Crippen LogP) is -0.404. The van der Waals surface area contributed by atoms with Crippen LogP contribution in [-0.2, 0) is 13.6 Å². The Bertz CT molecular complexity index is 721. The number of nitrogens with zero attached hydrogens (tertiary/aromatic N) is 8. The van der Waals surface area contributed by atoms with Crippen molar-refractivity contribution in [3.8, 4) is 0 Å². The minimum Gasteiger partial charge on any atom is -0.347 e. The van der Waals surface area contributed by atoms with Crippen LogP contribution in [0.5, 0.6) is 0 Å². The summed E-state index contributed by atoms with van der Waals surface area (Å²) in [5, 5.41) is 10.3. The topological polar surface area (TPSA) is 105 Å². The van der Waals surface area contributed by atoms with Crippen molar-refractivity contribution in [3.05, 3.63) is 17.7 Å². The Hall–Kier alpha value is -2.78. The molecule has 1 aliphatic heterocycles. The Balaban J connectivity index is 1.75. The van der Waals surface area contributed by atoms with Crippen LogP contribution >= 0.6 is 0 Å². The maximum atomic E-state index is 12.1. The Kier molecular flexibility index (Phi) is 4.54. The Morgan fingerprint density at radius 2 is 2.00 bits per heavy atom. The van der Waals surface area contributed by atoms with Crippen molar-refractivity contribution in [1.29, 1.82) is 0 Å². The van der Waals surface area contributed by atoms with Gasteiger partial charge in [0, 0.05) is 34.2 Å². The van der Waals surface area contributed by atoms with Crippen LogP contribution in [0.3, 0.4) is 0 Å². The number of carbonyl (C=O) groups is 1. The quantitative estimate of drug-likeness (QED) is 0.789. The lowest BCUT2D eigenvalue weighted by Crippen LogP contribution is -2.27. The zero-order valence-electron chi connectivity index (χ0n) is 14.1. The minimum atomic E-state index is -0.308. The van der Waals surface area contributed by atoms with Gasteiger partial charge in [-0.05, 0) is 12.8 Å². The van der Waals surface area contributed by atoms with E-state index in [1.54, 1.807) is 13.2 Å². The molecule has 0 unspecified atom stereocenters. The number of amides is 1. The molecule has 3 heterocycles. The highest BCUT2D eigenvalue weighted by Gasteiger charge is 2.18. The van der Waals surface area contributed by atoms with Crippen molar-refractivity contribution in [2.45, 2.75) is 19.4 Å². The normalized spacial score (nSPS) is 14.0. The van der Waals surface area contributed by atoms with E-state index in [0.717, 1.165) is 25.9 Å². The van der Waals surface area contributed by atoms with Crippen LogP contribution in [0.4, 0.5) is 11.9 Å². The number of anilines is 2. The lowest BCUT2D eigenvalue weighted by molar-refractivity contribution is 0.0944. The van der Waals surface area contributed by atoms with Crippen LogP contribution in [-0.4, -0.2) is 63.0 Å². The summed E-state index contributed by atoms with van der Waals surface area (Å²) in [4.78, 5) is 29.4. The van der Waals surface area contributed by atoms with Gasteiger partial charge in [-0.3, -0.25) is 9.48 Å². The second-order valence-corrected chi connectivity index (χ2v) is 5.90. The van der Waals surface area contributed by atoms with Gasteiger partial charge in [-0.15, -0.1) is 5.10 Å². The summed E-state index contributed by atoms with van der Waals surface area (Å²) in [6.07, 6.45) is 3.84. The number of hydrogen-bond acceptors (Lipinski definition) is 8. The summed E-state index contributed by atoms with van der Waals surface area (Å²) < 4.78 is 1.48. The van der Waals surface area contributed by atoms with Gasteiger partial charge in [0.15, 0.2) is 11.5 Å². The van der Waals surface area contributed by atoms with Crippen LogP contribution in [0.1, 0.15) is 29.2 Å². The molecule has 0 bridgehead atoms. The molecule has 0 aromatic carbocycles. The molecule has 1 aliphatic rings. The fraction of sp³-hybridized carbons (Fsp3) is 0.571. The average molecular weight is 331 g/mol. The first-order chi connectivity index (χ1) is 11.5. The standard InChI is InChI=1S/C14H21N9O/c1-21(2)13-16-11(17-14(18-13)23-6-4-5-7-23)8-15-12(24)10-9-22(3)20-19-10/h9H,4-8H2,1-3H3,(H,15,24). The molecule has 0 aliphatic carbocycles. The van der Waals surface area contributed by atoms with Gasteiger partial charge in [0.2, 0.25) is 11.9 Å². The summed E-state index contributed by atoms with van der Waals surface area (Å²) in [6, 6.07) is 0. The fourth-order valence-corrected chi connectivity index (χ4v) is 2.43. The molecule has 0 atom stereocenters. The third-order valence-corrected chi connectivity index (χ3v) is 3.69. The molecule has 24 heavy (non-hydrogen) atoms. The van der Waals surface area contributed by atoms with E-state index in [4.69, 9.17) is 0 Å². The van der Waals surface area contributed by atoms with E-state index in [1.165, 1.54) is 4.68 Å². The first-order valence-electron chi connectivity index (χ1n) is 7.84. The molecule has 1 N–H and O–H groups in total. The Labute approximate surface area is 139 Å². The van der Waals surface area contributed by atoms with Crippen molar-refractivity contribution >= 4 is 17.8 Å². The molecule has 10 nitrogen and oxygen atoms in total. The number of nitrogens with one attached hydrogen (secondary N) is 1. The van der Waals surface area contributed by atoms with Gasteiger partial charge in [0.1, 0.15) is 0 Å². The van der Waals surface area contributed by atoms with Crippen molar-refractivity contribution in [1.82, 2.24) is 35.3 Å². The molecule has 10 heteroatoms. The van der Waals surface area contributed by atoms with Gasteiger partial charge in [-0.1, -0.05) is 5.21 Å². The van der Waals surface area contributed by atoms with E-state index in [1.807, 2.05) is 19.0 Å². The SMILES string of the molecule is CN(C)c1nc(CNC(=O)c2cn(C)nn2)nc(N2CCCC2)n1. The second-order valence-electron chi connectivity index (χ2n) is 5.90. The van der Waals surface area contributed by atoms with Crippen LogP contribution in [0.15, 0.2) is 6.20 Å². The third-order valence-electron chi connectivity index (χ3n) is 3.69. The Morgan fingerprint density at radius 1 is 1.25 bits per heavy atom. The first-order valence-corrected chi connectivity index (χ1v) is 7.84. The minimum absolute atomic E-state index is 0.208. The summed E-state index contributed by atoms with van der Waals surface area (Å²) >= 11 is 0. The molecule has 0 radical (unpaired) electrons. The van der Waals surface area contributed by atoms with Crippen LogP contribution in [0.2, 0.25) is 0 Å². The highest BCUT2D eigenvalue weighted by molar-refractivity contribution is 5.91. The summed E-state index contributed by atoms with van der Waals surface area (Å²) in [7, 11) is 5.47. The van der Waals surface area contributed by atoms with E-state index >= 15 is 0 Å². The number of carbonyl (C=O) groups excluding carboxylic acids is 1. The van der Waals surface area contributed by atoms with Crippen molar-refractivity contribution in [2.24, 2.45) is 7.05 Å². The summed E-state index contributed by atoms with van der Waals surface area (Å²) in [5.41, 5.74) is 0.263. The van der Waals surface area contributed by atoms with Crippen molar-refractivity contribution < 1.29 is 4.79 Å². The molecule has 1 amide bonds. The molecule has 128 valence electrons. The lowest BCUT2D eigenvalue weighted by Gasteiger charge is -2.18. The molecule has 0 spiro atoms. The number of aromatic nitrogens is 6. The smallest absolute Gasteiger partial charge is 0.273 e. The molecular weight excluding hydrogens is 310 g/mol. The molecule has 3 rings (SSSR count). The van der Waals surface area contributed by atoms with Gasteiger partial charge >= 0.3 is 0 Å². The number of rotatable bonds is 5. The lowest BCUT2D eigenvalue weighted by atomic mass is 10.4. The fourth-order valence-electron chi connectivity index (χ4n) is 2.43. The first kappa shape index (κ1) is 16.1. The zero-order valence-corrected chi connectivity index (χ0v) is 14.1. The summed E-state index contributed by atoms with van der Waals surface area (Å²) in [6.45, 7) is 2.10. The summed E-state index contributed by atoms with van der Waals surface area (Å²) in [5.74, 6) is 1.45. The average Bonchev–Trinajstić information content (AvgIpc) is 3.23. The third kappa shape index (κ3) is 3.58. The largest absolute Gasteiger partial charge is 0.347 e. The van der Waals surface area contributed by atoms with E-state index in [2.05, 4.69) is 35.5 Å². The maximum absolute atomic E-state index is 12.1. The van der Waals surface area contributed by atoms with Crippen LogP contribution in [0, 0.1) is 0 Å². The monoisotopic (exact) mass is 331 g/mol. The van der Waals surface area contributed by atoms with E-state index in [-0.39, 0.29) is 18.1 Å². The van der Waals surface area contributed by atoms with E-state index < -0.39 is 0 Å². The van der Waals surface area contributed by atoms with E-state index in [0.29, 0.717) is 17.7 Å². The highest BCUT2D eigenvalue weighted by atomic mass is 16.2. The zero-order chi connectivity index (χ0) is 17.1. The number of aryl methyl sites for hydroxylation is 1. The van der Waals surface area contributed by atoms with E-state index in [9.17, 15) is 4.79 Å². The molecule has 2 aromatic heterocycles. The van der Waals surface area contributed by atoms with Gasteiger partial charge < -0.3 is 15.1 Å². The molecule has 1 saturated heterocycles. The highest BCUT2D eigenvalue weighted by Crippen LogP contribution is 2.17. The van der Waals surface area contributed by atoms with Gasteiger partial charge in [-0.2, -0.15) is 15.0 Å².